The topological polar surface area (TPSA) is 49.3 Å². The average Bonchev–Trinajstić information content (AvgIpc) is 2.56. The molecule has 0 bridgehead atoms. The zero-order valence-corrected chi connectivity index (χ0v) is 15.9. The van der Waals surface area contributed by atoms with Crippen molar-refractivity contribution in [3.05, 3.63) is 50.8 Å². The fraction of sp³-hybridized carbons (Fsp3) is 0.353. The lowest BCUT2D eigenvalue weighted by Crippen LogP contribution is -2.49. The van der Waals surface area contributed by atoms with Gasteiger partial charge in [0, 0.05) is 47.4 Å². The summed E-state index contributed by atoms with van der Waals surface area (Å²) in [6.07, 6.45) is 0. The summed E-state index contributed by atoms with van der Waals surface area (Å²) < 4.78 is 0.765. The van der Waals surface area contributed by atoms with E-state index in [0.29, 0.717) is 23.7 Å². The van der Waals surface area contributed by atoms with Crippen LogP contribution in [0.15, 0.2) is 28.7 Å². The first kappa shape index (κ1) is 17.2. The molecule has 0 N–H and O–H groups in total. The molecule has 3 rings (SSSR count). The van der Waals surface area contributed by atoms with Gasteiger partial charge >= 0.3 is 0 Å². The summed E-state index contributed by atoms with van der Waals surface area (Å²) in [7, 11) is 0. The summed E-state index contributed by atoms with van der Waals surface area (Å²) >= 11 is 9.45. The molecule has 0 radical (unpaired) electrons. The van der Waals surface area contributed by atoms with Crippen LogP contribution in [-0.2, 0) is 0 Å². The summed E-state index contributed by atoms with van der Waals surface area (Å²) in [5, 5.41) is 0.562. The molecule has 24 heavy (non-hydrogen) atoms. The van der Waals surface area contributed by atoms with Crippen molar-refractivity contribution in [2.24, 2.45) is 0 Å². The molecule has 1 aliphatic heterocycles. The monoisotopic (exact) mass is 408 g/mol. The number of rotatable bonds is 2. The Kier molecular flexibility index (Phi) is 5.06. The first-order valence-electron chi connectivity index (χ1n) is 7.75. The molecule has 1 saturated heterocycles. The van der Waals surface area contributed by atoms with Gasteiger partial charge in [-0.1, -0.05) is 11.6 Å². The van der Waals surface area contributed by atoms with Crippen LogP contribution in [-0.4, -0.2) is 47.0 Å². The van der Waals surface area contributed by atoms with E-state index in [1.165, 1.54) is 0 Å². The molecule has 126 valence electrons. The molecule has 2 heterocycles. The number of anilines is 1. The number of benzene rings is 1. The van der Waals surface area contributed by atoms with Gasteiger partial charge in [0.1, 0.15) is 11.6 Å². The molecule has 1 amide bonds. The highest BCUT2D eigenvalue weighted by Gasteiger charge is 2.24. The van der Waals surface area contributed by atoms with Gasteiger partial charge in [-0.15, -0.1) is 0 Å². The van der Waals surface area contributed by atoms with Gasteiger partial charge in [-0.05, 0) is 48.0 Å². The largest absolute Gasteiger partial charge is 0.353 e. The second-order valence-electron chi connectivity index (χ2n) is 5.82. The molecular formula is C17H18BrClN4O. The molecule has 0 atom stereocenters. The summed E-state index contributed by atoms with van der Waals surface area (Å²) in [5.74, 6) is 1.70. The van der Waals surface area contributed by atoms with Crippen LogP contribution >= 0.6 is 27.5 Å². The smallest absolute Gasteiger partial charge is 0.255 e. The Labute approximate surface area is 154 Å². The number of carbonyl (C=O) groups excluding carboxylic acids is 1. The van der Waals surface area contributed by atoms with Gasteiger partial charge in [-0.2, -0.15) is 0 Å². The first-order chi connectivity index (χ1) is 11.4. The molecule has 2 aromatic rings. The van der Waals surface area contributed by atoms with Crippen molar-refractivity contribution in [1.82, 2.24) is 14.9 Å². The first-order valence-corrected chi connectivity index (χ1v) is 8.92. The molecule has 5 nitrogen and oxygen atoms in total. The molecule has 1 aromatic heterocycles. The van der Waals surface area contributed by atoms with Crippen molar-refractivity contribution >= 4 is 39.3 Å². The molecule has 0 unspecified atom stereocenters. The number of halogens is 2. The highest BCUT2D eigenvalue weighted by atomic mass is 79.9. The number of hydrogen-bond donors (Lipinski definition) is 0. The summed E-state index contributed by atoms with van der Waals surface area (Å²) in [5.41, 5.74) is 1.56. The van der Waals surface area contributed by atoms with E-state index in [1.807, 2.05) is 24.8 Å². The van der Waals surface area contributed by atoms with E-state index >= 15 is 0 Å². The maximum atomic E-state index is 12.7. The Hall–Kier alpha value is -1.66. The molecule has 7 heteroatoms. The molecule has 0 spiro atoms. The number of carbonyl (C=O) groups is 1. The van der Waals surface area contributed by atoms with Gasteiger partial charge in [0.15, 0.2) is 0 Å². The highest BCUT2D eigenvalue weighted by Crippen LogP contribution is 2.24. The van der Waals surface area contributed by atoms with Crippen LogP contribution in [0.4, 0.5) is 5.82 Å². The maximum Gasteiger partial charge on any atom is 0.255 e. The molecule has 0 aliphatic carbocycles. The highest BCUT2D eigenvalue weighted by molar-refractivity contribution is 9.10. The van der Waals surface area contributed by atoms with Gasteiger partial charge in [-0.3, -0.25) is 4.79 Å². The normalized spacial score (nSPS) is 14.8. The zero-order valence-electron chi connectivity index (χ0n) is 13.6. The van der Waals surface area contributed by atoms with Crippen LogP contribution < -0.4 is 4.90 Å². The Morgan fingerprint density at radius 1 is 1.12 bits per heavy atom. The third-order valence-electron chi connectivity index (χ3n) is 4.00. The Bertz CT molecular complexity index is 755. The minimum atomic E-state index is -0.000858. The number of hydrogen-bond acceptors (Lipinski definition) is 4. The van der Waals surface area contributed by atoms with Crippen LogP contribution in [0, 0.1) is 13.8 Å². The summed E-state index contributed by atoms with van der Waals surface area (Å²) in [6.45, 7) is 6.67. The minimum Gasteiger partial charge on any atom is -0.353 e. The number of amides is 1. The van der Waals surface area contributed by atoms with Gasteiger partial charge in [0.25, 0.3) is 5.91 Å². The Morgan fingerprint density at radius 2 is 1.83 bits per heavy atom. The van der Waals surface area contributed by atoms with E-state index in [0.717, 1.165) is 34.9 Å². The van der Waals surface area contributed by atoms with E-state index in [1.54, 1.807) is 18.2 Å². The molecule has 1 aromatic carbocycles. The van der Waals surface area contributed by atoms with E-state index in [2.05, 4.69) is 30.8 Å². The van der Waals surface area contributed by atoms with Gasteiger partial charge in [0.2, 0.25) is 0 Å². The van der Waals surface area contributed by atoms with Crippen LogP contribution in [0.2, 0.25) is 5.02 Å². The minimum absolute atomic E-state index is 0.000858. The lowest BCUT2D eigenvalue weighted by Gasteiger charge is -2.35. The van der Waals surface area contributed by atoms with Crippen molar-refractivity contribution in [2.75, 3.05) is 31.1 Å². The fourth-order valence-corrected chi connectivity index (χ4v) is 3.42. The lowest BCUT2D eigenvalue weighted by molar-refractivity contribution is 0.0745. The predicted molar refractivity (Wildman–Crippen MR) is 98.8 cm³/mol. The number of aryl methyl sites for hydroxylation is 2. The quantitative estimate of drug-likeness (QED) is 0.762. The van der Waals surface area contributed by atoms with Crippen molar-refractivity contribution in [1.29, 1.82) is 0 Å². The third-order valence-corrected chi connectivity index (χ3v) is 4.93. The molecule has 1 aliphatic rings. The molecule has 1 fully saturated rings. The number of piperazine rings is 1. The Balaban J connectivity index is 1.70. The van der Waals surface area contributed by atoms with Crippen LogP contribution in [0.5, 0.6) is 0 Å². The second kappa shape index (κ2) is 7.07. The van der Waals surface area contributed by atoms with Gasteiger partial charge in [0.05, 0.1) is 5.56 Å². The maximum absolute atomic E-state index is 12.7. The van der Waals surface area contributed by atoms with Gasteiger partial charge < -0.3 is 9.80 Å². The summed E-state index contributed by atoms with van der Waals surface area (Å²) in [6, 6.07) is 7.26. The zero-order chi connectivity index (χ0) is 17.3. The molecule has 0 saturated carbocycles. The van der Waals surface area contributed by atoms with Gasteiger partial charge in [-0.25, -0.2) is 9.97 Å². The van der Waals surface area contributed by atoms with Crippen molar-refractivity contribution in [3.63, 3.8) is 0 Å². The standard InChI is InChI=1S/C17H18BrClN4O/c1-11-9-16(21-12(2)20-11)22-5-7-23(8-6-22)17(24)14-10-13(19)3-4-15(14)18/h3-4,9-10H,5-8H2,1-2H3. The second-order valence-corrected chi connectivity index (χ2v) is 7.11. The van der Waals surface area contributed by atoms with Crippen molar-refractivity contribution in [3.8, 4) is 0 Å². The van der Waals surface area contributed by atoms with Crippen LogP contribution in [0.25, 0.3) is 0 Å². The SMILES string of the molecule is Cc1cc(N2CCN(C(=O)c3cc(Cl)ccc3Br)CC2)nc(C)n1. The van der Waals surface area contributed by atoms with Crippen molar-refractivity contribution < 1.29 is 4.79 Å². The van der Waals surface area contributed by atoms with Crippen LogP contribution in [0.3, 0.4) is 0 Å². The Morgan fingerprint density at radius 3 is 2.50 bits per heavy atom. The van der Waals surface area contributed by atoms with E-state index < -0.39 is 0 Å². The fourth-order valence-electron chi connectivity index (χ4n) is 2.83. The van der Waals surface area contributed by atoms with Crippen LogP contribution in [0.1, 0.15) is 21.9 Å². The lowest BCUT2D eigenvalue weighted by atomic mass is 10.2. The predicted octanol–water partition coefficient (Wildman–Crippen LogP) is 3.47. The van der Waals surface area contributed by atoms with Crippen molar-refractivity contribution in [2.45, 2.75) is 13.8 Å². The summed E-state index contributed by atoms with van der Waals surface area (Å²) in [4.78, 5) is 25.6. The van der Waals surface area contributed by atoms with E-state index in [9.17, 15) is 4.79 Å². The van der Waals surface area contributed by atoms with E-state index in [-0.39, 0.29) is 5.91 Å². The number of nitrogens with zero attached hydrogens (tertiary/aromatic N) is 4. The number of aromatic nitrogens is 2. The van der Waals surface area contributed by atoms with E-state index in [4.69, 9.17) is 11.6 Å². The third kappa shape index (κ3) is 3.70. The average molecular weight is 410 g/mol. The molecular weight excluding hydrogens is 392 g/mol.